The Morgan fingerprint density at radius 1 is 1.25 bits per heavy atom. The molecule has 132 valence electrons. The predicted octanol–water partition coefficient (Wildman–Crippen LogP) is 1.22. The molecule has 0 spiro atoms. The number of nitro benzene ring substituents is 1. The van der Waals surface area contributed by atoms with Crippen molar-refractivity contribution in [2.75, 3.05) is 13.2 Å². The van der Waals surface area contributed by atoms with Crippen molar-refractivity contribution in [3.8, 4) is 0 Å². The van der Waals surface area contributed by atoms with Gasteiger partial charge in [-0.05, 0) is 26.0 Å². The number of benzene rings is 1. The van der Waals surface area contributed by atoms with Crippen LogP contribution in [0, 0.1) is 10.1 Å². The van der Waals surface area contributed by atoms with Crippen LogP contribution in [0.25, 0.3) is 0 Å². The van der Waals surface area contributed by atoms with Crippen molar-refractivity contribution in [2.45, 2.75) is 42.8 Å². The summed E-state index contributed by atoms with van der Waals surface area (Å²) in [5.74, 6) is -0.854. The summed E-state index contributed by atoms with van der Waals surface area (Å²) in [5, 5.41) is 10.6. The molecule has 0 radical (unpaired) electrons. The van der Waals surface area contributed by atoms with Gasteiger partial charge in [-0.1, -0.05) is 0 Å². The zero-order valence-corrected chi connectivity index (χ0v) is 13.9. The number of non-ortho nitro benzene ring substituents is 1. The highest BCUT2D eigenvalue weighted by Crippen LogP contribution is 2.33. The van der Waals surface area contributed by atoms with Crippen molar-refractivity contribution >= 4 is 15.8 Å². The molecular weight excluding hydrogens is 342 g/mol. The van der Waals surface area contributed by atoms with Crippen molar-refractivity contribution in [2.24, 2.45) is 0 Å². The van der Waals surface area contributed by atoms with E-state index in [0.29, 0.717) is 0 Å². The SMILES string of the molecule is CC1(C)OC[C@@H]2OC[C@@H](OS(=O)(=O)c3ccc([N+](=O)[O-])cc3)[C@@H]2O1. The first-order valence-corrected chi connectivity index (χ1v) is 8.70. The van der Waals surface area contributed by atoms with E-state index < -0.39 is 39.1 Å². The first-order valence-electron chi connectivity index (χ1n) is 7.29. The lowest BCUT2D eigenvalue weighted by molar-refractivity contribution is -0.384. The summed E-state index contributed by atoms with van der Waals surface area (Å²) in [6, 6.07) is 4.49. The molecule has 2 aliphatic rings. The molecule has 0 amide bonds. The topological polar surface area (TPSA) is 114 Å². The normalized spacial score (nSPS) is 29.2. The summed E-state index contributed by atoms with van der Waals surface area (Å²) in [4.78, 5) is 9.87. The molecule has 3 rings (SSSR count). The van der Waals surface area contributed by atoms with Gasteiger partial charge in [0, 0.05) is 12.1 Å². The van der Waals surface area contributed by atoms with Gasteiger partial charge in [-0.3, -0.25) is 14.3 Å². The van der Waals surface area contributed by atoms with Gasteiger partial charge >= 0.3 is 0 Å². The van der Waals surface area contributed by atoms with E-state index in [1.54, 1.807) is 13.8 Å². The van der Waals surface area contributed by atoms with E-state index in [0.717, 1.165) is 24.3 Å². The van der Waals surface area contributed by atoms with Crippen LogP contribution >= 0.6 is 0 Å². The van der Waals surface area contributed by atoms with E-state index in [1.165, 1.54) is 0 Å². The Labute approximate surface area is 138 Å². The van der Waals surface area contributed by atoms with E-state index in [2.05, 4.69) is 0 Å². The highest BCUT2D eigenvalue weighted by atomic mass is 32.2. The molecule has 1 aromatic carbocycles. The lowest BCUT2D eigenvalue weighted by Gasteiger charge is -2.38. The summed E-state index contributed by atoms with van der Waals surface area (Å²) in [7, 11) is -4.10. The largest absolute Gasteiger partial charge is 0.370 e. The second kappa shape index (κ2) is 6.05. The van der Waals surface area contributed by atoms with E-state index in [4.69, 9.17) is 18.4 Å². The van der Waals surface area contributed by atoms with Crippen molar-refractivity contribution in [3.05, 3.63) is 34.4 Å². The molecule has 0 bridgehead atoms. The third-order valence-corrected chi connectivity index (χ3v) is 5.16. The van der Waals surface area contributed by atoms with Crippen LogP contribution in [0.2, 0.25) is 0 Å². The lowest BCUT2D eigenvalue weighted by Crippen LogP contribution is -2.50. The number of fused-ring (bicyclic) bond motifs is 1. The van der Waals surface area contributed by atoms with Gasteiger partial charge in [0.2, 0.25) is 0 Å². The number of nitro groups is 1. The van der Waals surface area contributed by atoms with Crippen LogP contribution in [0.4, 0.5) is 5.69 Å². The quantitative estimate of drug-likeness (QED) is 0.448. The Hall–Kier alpha value is -1.59. The second-order valence-corrected chi connectivity index (χ2v) is 7.58. The molecule has 2 saturated heterocycles. The molecule has 9 nitrogen and oxygen atoms in total. The van der Waals surface area contributed by atoms with E-state index >= 15 is 0 Å². The third kappa shape index (κ3) is 3.42. The molecular formula is C14H17NO8S. The molecule has 3 atom stereocenters. The summed E-state index contributed by atoms with van der Waals surface area (Å²) < 4.78 is 46.6. The number of hydrogen-bond donors (Lipinski definition) is 0. The van der Waals surface area contributed by atoms with Gasteiger partial charge in [0.25, 0.3) is 15.8 Å². The van der Waals surface area contributed by atoms with Gasteiger partial charge in [0.05, 0.1) is 23.0 Å². The molecule has 0 aromatic heterocycles. The molecule has 2 fully saturated rings. The Bertz CT molecular complexity index is 730. The maximum absolute atomic E-state index is 12.4. The number of nitrogens with zero attached hydrogens (tertiary/aromatic N) is 1. The van der Waals surface area contributed by atoms with E-state index in [9.17, 15) is 18.5 Å². The standard InChI is InChI=1S/C14H17NO8S/c1-14(2)21-8-11-13(22-14)12(7-20-11)23-24(18,19)10-5-3-9(4-6-10)15(16)17/h3-6,11-13H,7-8H2,1-2H3/t11-,12+,13+/m0/s1. The zero-order chi connectivity index (χ0) is 17.5. The van der Waals surface area contributed by atoms with Crippen LogP contribution in [-0.4, -0.2) is 50.7 Å². The van der Waals surface area contributed by atoms with Crippen LogP contribution in [0.3, 0.4) is 0 Å². The van der Waals surface area contributed by atoms with Crippen molar-refractivity contribution in [3.63, 3.8) is 0 Å². The summed E-state index contributed by atoms with van der Waals surface area (Å²) in [5.41, 5.74) is -0.201. The second-order valence-electron chi connectivity index (χ2n) is 6.00. The van der Waals surface area contributed by atoms with Gasteiger partial charge < -0.3 is 14.2 Å². The van der Waals surface area contributed by atoms with E-state index in [1.807, 2.05) is 0 Å². The van der Waals surface area contributed by atoms with Gasteiger partial charge in [-0.2, -0.15) is 8.42 Å². The molecule has 10 heteroatoms. The maximum Gasteiger partial charge on any atom is 0.297 e. The van der Waals surface area contributed by atoms with Crippen LogP contribution in [0.1, 0.15) is 13.8 Å². The third-order valence-electron chi connectivity index (χ3n) is 3.81. The van der Waals surface area contributed by atoms with Crippen molar-refractivity contribution < 1.29 is 31.7 Å². The maximum atomic E-state index is 12.4. The molecule has 0 N–H and O–H groups in total. The first-order chi connectivity index (χ1) is 11.2. The minimum absolute atomic E-state index is 0.0565. The number of ether oxygens (including phenoxy) is 3. The Morgan fingerprint density at radius 3 is 2.54 bits per heavy atom. The highest BCUT2D eigenvalue weighted by Gasteiger charge is 2.48. The fraction of sp³-hybridized carbons (Fsp3) is 0.571. The minimum atomic E-state index is -4.10. The molecule has 0 unspecified atom stereocenters. The Morgan fingerprint density at radius 2 is 1.92 bits per heavy atom. The monoisotopic (exact) mass is 359 g/mol. The minimum Gasteiger partial charge on any atom is -0.370 e. The fourth-order valence-electron chi connectivity index (χ4n) is 2.62. The van der Waals surface area contributed by atoms with Crippen LogP contribution in [-0.2, 0) is 28.5 Å². The molecule has 1 aromatic rings. The summed E-state index contributed by atoms with van der Waals surface area (Å²) in [6.45, 7) is 3.79. The summed E-state index contributed by atoms with van der Waals surface area (Å²) in [6.07, 6.45) is -1.77. The average molecular weight is 359 g/mol. The highest BCUT2D eigenvalue weighted by molar-refractivity contribution is 7.86. The average Bonchev–Trinajstić information content (AvgIpc) is 2.88. The first kappa shape index (κ1) is 17.2. The molecule has 2 heterocycles. The lowest BCUT2D eigenvalue weighted by atomic mass is 10.1. The van der Waals surface area contributed by atoms with Crippen LogP contribution in [0.15, 0.2) is 29.2 Å². The Balaban J connectivity index is 1.75. The van der Waals surface area contributed by atoms with Gasteiger partial charge in [0.15, 0.2) is 5.79 Å². The summed E-state index contributed by atoms with van der Waals surface area (Å²) >= 11 is 0. The Kier molecular flexibility index (Phi) is 4.34. The molecule has 0 aliphatic carbocycles. The van der Waals surface area contributed by atoms with Gasteiger partial charge in [0.1, 0.15) is 18.3 Å². The smallest absolute Gasteiger partial charge is 0.297 e. The molecule has 2 aliphatic heterocycles. The van der Waals surface area contributed by atoms with Crippen molar-refractivity contribution in [1.82, 2.24) is 0 Å². The number of rotatable bonds is 4. The van der Waals surface area contributed by atoms with Crippen molar-refractivity contribution in [1.29, 1.82) is 0 Å². The predicted molar refractivity (Wildman–Crippen MR) is 79.8 cm³/mol. The van der Waals surface area contributed by atoms with Gasteiger partial charge in [-0.25, -0.2) is 0 Å². The van der Waals surface area contributed by atoms with Crippen LogP contribution < -0.4 is 0 Å². The fourth-order valence-corrected chi connectivity index (χ4v) is 3.69. The zero-order valence-electron chi connectivity index (χ0n) is 13.1. The molecule has 0 saturated carbocycles. The molecule has 24 heavy (non-hydrogen) atoms. The number of hydrogen-bond acceptors (Lipinski definition) is 8. The van der Waals surface area contributed by atoms with Gasteiger partial charge in [-0.15, -0.1) is 0 Å². The van der Waals surface area contributed by atoms with E-state index in [-0.39, 0.29) is 23.8 Å². The van der Waals surface area contributed by atoms with Crippen LogP contribution in [0.5, 0.6) is 0 Å².